The SMILES string of the molecule is F[Si](F)(F)c1ccc(N(c2ccccc2)c2ccc(N(c3ccccc3)c3ccc(N(c4ccccc4)c4ccccc4)cc3)cc2)cc1. The van der Waals surface area contributed by atoms with Crippen molar-refractivity contribution < 1.29 is 12.3 Å². The lowest BCUT2D eigenvalue weighted by Gasteiger charge is -2.29. The summed E-state index contributed by atoms with van der Waals surface area (Å²) in [7, 11) is -5.91. The summed E-state index contributed by atoms with van der Waals surface area (Å²) < 4.78 is 40.5. The topological polar surface area (TPSA) is 9.72 Å². The highest BCUT2D eigenvalue weighted by Gasteiger charge is 2.39. The van der Waals surface area contributed by atoms with Crippen LogP contribution < -0.4 is 19.9 Å². The molecule has 0 saturated heterocycles. The third kappa shape index (κ3) is 6.98. The molecule has 0 radical (unpaired) electrons. The lowest BCUT2D eigenvalue weighted by Crippen LogP contribution is -2.33. The Labute approximate surface area is 285 Å². The standard InChI is InChI=1S/C42H32F3N3Si/c43-49(44,45)42-31-29-41(30-32-42)48(36-19-11-4-12-20-36)40-27-25-39(26-28-40)47(35-17-9-3-10-18-35)38-23-21-37(22-24-38)46(33-13-5-1-6-14-33)34-15-7-2-8-16-34/h1-32H. The van der Waals surface area contributed by atoms with Crippen molar-refractivity contribution in [3.63, 3.8) is 0 Å². The first kappa shape index (κ1) is 31.5. The van der Waals surface area contributed by atoms with Crippen LogP contribution in [0, 0.1) is 0 Å². The third-order valence-electron chi connectivity index (χ3n) is 8.24. The smallest absolute Gasteiger partial charge is 0.311 e. The maximum atomic E-state index is 13.5. The van der Waals surface area contributed by atoms with E-state index in [1.165, 1.54) is 12.1 Å². The summed E-state index contributed by atoms with van der Waals surface area (Å²) in [6.07, 6.45) is 0. The lowest BCUT2D eigenvalue weighted by molar-refractivity contribution is 0.501. The van der Waals surface area contributed by atoms with Gasteiger partial charge in [0.05, 0.1) is 0 Å². The van der Waals surface area contributed by atoms with Gasteiger partial charge in [0.25, 0.3) is 0 Å². The summed E-state index contributed by atoms with van der Waals surface area (Å²) in [6, 6.07) is 62.5. The fourth-order valence-corrected chi connectivity index (χ4v) is 6.50. The lowest BCUT2D eigenvalue weighted by atomic mass is 10.1. The molecule has 0 bridgehead atoms. The molecule has 0 unspecified atom stereocenters. The Morgan fingerprint density at radius 2 is 0.429 bits per heavy atom. The molecule has 0 atom stereocenters. The number of hydrogen-bond donors (Lipinski definition) is 0. The quantitative estimate of drug-likeness (QED) is 0.107. The van der Waals surface area contributed by atoms with Crippen molar-refractivity contribution in [2.75, 3.05) is 14.7 Å². The number of para-hydroxylation sites is 4. The van der Waals surface area contributed by atoms with Crippen LogP contribution in [0.4, 0.5) is 63.5 Å². The third-order valence-corrected chi connectivity index (χ3v) is 9.23. The Balaban J connectivity index is 1.25. The van der Waals surface area contributed by atoms with E-state index in [0.29, 0.717) is 5.69 Å². The Bertz CT molecular complexity index is 2040. The van der Waals surface area contributed by atoms with Gasteiger partial charge in [-0.25, -0.2) is 12.3 Å². The average molecular weight is 664 g/mol. The fraction of sp³-hybridized carbons (Fsp3) is 0. The monoisotopic (exact) mass is 663 g/mol. The van der Waals surface area contributed by atoms with Crippen LogP contribution in [0.2, 0.25) is 0 Å². The second kappa shape index (κ2) is 14.0. The molecule has 0 fully saturated rings. The Morgan fingerprint density at radius 3 is 0.633 bits per heavy atom. The van der Waals surface area contributed by atoms with Crippen LogP contribution >= 0.6 is 0 Å². The van der Waals surface area contributed by atoms with E-state index in [1.807, 2.05) is 114 Å². The van der Waals surface area contributed by atoms with Crippen LogP contribution in [-0.4, -0.2) is 9.08 Å². The molecule has 240 valence electrons. The van der Waals surface area contributed by atoms with Gasteiger partial charge < -0.3 is 14.7 Å². The first-order valence-corrected chi connectivity index (χ1v) is 17.6. The first-order valence-electron chi connectivity index (χ1n) is 15.9. The van der Waals surface area contributed by atoms with Gasteiger partial charge in [0.15, 0.2) is 0 Å². The van der Waals surface area contributed by atoms with Crippen molar-refractivity contribution in [3.8, 4) is 0 Å². The van der Waals surface area contributed by atoms with Crippen LogP contribution in [0.15, 0.2) is 194 Å². The summed E-state index contributed by atoms with van der Waals surface area (Å²) in [5, 5.41) is -0.542. The largest absolute Gasteiger partial charge is 0.653 e. The molecule has 0 aliphatic carbocycles. The molecule has 0 aliphatic heterocycles. The summed E-state index contributed by atoms with van der Waals surface area (Å²) in [5.41, 5.74) is 8.41. The maximum Gasteiger partial charge on any atom is 0.653 e. The highest BCUT2D eigenvalue weighted by molar-refractivity contribution is 6.73. The van der Waals surface area contributed by atoms with Gasteiger partial charge in [-0.05, 0) is 109 Å². The summed E-state index contributed by atoms with van der Waals surface area (Å²) >= 11 is 0. The number of halogens is 3. The molecule has 0 aliphatic rings. The first-order chi connectivity index (χ1) is 24.0. The van der Waals surface area contributed by atoms with Crippen molar-refractivity contribution in [2.24, 2.45) is 0 Å². The van der Waals surface area contributed by atoms with E-state index in [4.69, 9.17) is 0 Å². The molecule has 3 nitrogen and oxygen atoms in total. The fourth-order valence-electron chi connectivity index (χ4n) is 5.95. The van der Waals surface area contributed by atoms with E-state index in [1.54, 1.807) is 12.1 Å². The molecule has 0 amide bonds. The van der Waals surface area contributed by atoms with E-state index in [2.05, 4.69) is 70.5 Å². The minimum Gasteiger partial charge on any atom is -0.311 e. The number of anilines is 9. The second-order valence-electron chi connectivity index (χ2n) is 11.4. The van der Waals surface area contributed by atoms with Crippen molar-refractivity contribution in [1.29, 1.82) is 0 Å². The van der Waals surface area contributed by atoms with Gasteiger partial charge in [0, 0.05) is 56.4 Å². The van der Waals surface area contributed by atoms with Crippen LogP contribution in [-0.2, 0) is 0 Å². The highest BCUT2D eigenvalue weighted by Crippen LogP contribution is 2.41. The zero-order valence-electron chi connectivity index (χ0n) is 26.5. The van der Waals surface area contributed by atoms with Gasteiger partial charge in [0.1, 0.15) is 0 Å². The van der Waals surface area contributed by atoms with Gasteiger partial charge in [0.2, 0.25) is 0 Å². The Hall–Kier alpha value is -6.05. The minimum atomic E-state index is -5.91. The van der Waals surface area contributed by atoms with E-state index in [9.17, 15) is 12.3 Å². The van der Waals surface area contributed by atoms with Crippen LogP contribution in [0.1, 0.15) is 0 Å². The van der Waals surface area contributed by atoms with Gasteiger partial charge in [-0.1, -0.05) is 84.9 Å². The van der Waals surface area contributed by atoms with Crippen molar-refractivity contribution in [2.45, 2.75) is 0 Å². The molecule has 7 aromatic rings. The number of hydrogen-bond acceptors (Lipinski definition) is 3. The zero-order chi connectivity index (χ0) is 33.6. The van der Waals surface area contributed by atoms with Gasteiger partial charge in [-0.3, -0.25) is 0 Å². The minimum absolute atomic E-state index is 0.542. The second-order valence-corrected chi connectivity index (χ2v) is 13.0. The molecule has 0 saturated carbocycles. The van der Waals surface area contributed by atoms with Crippen LogP contribution in [0.5, 0.6) is 0 Å². The number of benzene rings is 7. The van der Waals surface area contributed by atoms with Crippen LogP contribution in [0.3, 0.4) is 0 Å². The molecule has 0 heterocycles. The van der Waals surface area contributed by atoms with Gasteiger partial charge in [-0.15, -0.1) is 0 Å². The van der Waals surface area contributed by atoms with E-state index in [-0.39, 0.29) is 0 Å². The average Bonchev–Trinajstić information content (AvgIpc) is 3.15. The van der Waals surface area contributed by atoms with Crippen molar-refractivity contribution >= 4 is 65.4 Å². The zero-order valence-corrected chi connectivity index (χ0v) is 27.5. The van der Waals surface area contributed by atoms with E-state index < -0.39 is 14.3 Å². The number of rotatable bonds is 10. The van der Waals surface area contributed by atoms with Gasteiger partial charge >= 0.3 is 9.08 Å². The molecular formula is C42H32F3N3Si. The molecule has 7 rings (SSSR count). The molecule has 49 heavy (non-hydrogen) atoms. The summed E-state index contributed by atoms with van der Waals surface area (Å²) in [6.45, 7) is 0. The Kier molecular flexibility index (Phi) is 8.99. The molecule has 7 aromatic carbocycles. The highest BCUT2D eigenvalue weighted by atomic mass is 28.5. The molecule has 0 N–H and O–H groups in total. The Morgan fingerprint density at radius 1 is 0.245 bits per heavy atom. The molecule has 0 aromatic heterocycles. The van der Waals surface area contributed by atoms with Crippen molar-refractivity contribution in [1.82, 2.24) is 0 Å². The summed E-state index contributed by atoms with van der Waals surface area (Å²) in [4.78, 5) is 6.39. The normalized spacial score (nSPS) is 11.2. The summed E-state index contributed by atoms with van der Waals surface area (Å²) in [5.74, 6) is 0. The molecule has 7 heteroatoms. The number of nitrogens with zero attached hydrogens (tertiary/aromatic N) is 3. The molecular weight excluding hydrogens is 632 g/mol. The van der Waals surface area contributed by atoms with Crippen molar-refractivity contribution in [3.05, 3.63) is 194 Å². The van der Waals surface area contributed by atoms with E-state index in [0.717, 1.165) is 45.5 Å². The maximum absolute atomic E-state index is 13.5. The van der Waals surface area contributed by atoms with E-state index >= 15 is 0 Å². The van der Waals surface area contributed by atoms with Crippen LogP contribution in [0.25, 0.3) is 0 Å². The van der Waals surface area contributed by atoms with Gasteiger partial charge in [-0.2, -0.15) is 0 Å². The predicted molar refractivity (Wildman–Crippen MR) is 199 cm³/mol. The molecule has 0 spiro atoms. The predicted octanol–water partition coefficient (Wildman–Crippen LogP) is 12.2.